The van der Waals surface area contributed by atoms with E-state index in [9.17, 15) is 4.79 Å². The van der Waals surface area contributed by atoms with E-state index in [1.165, 1.54) is 12.1 Å². The van der Waals surface area contributed by atoms with Crippen LogP contribution in [0.5, 0.6) is 0 Å². The number of aryl methyl sites for hydroxylation is 2. The molecule has 2 aromatic rings. The van der Waals surface area contributed by atoms with Gasteiger partial charge in [-0.25, -0.2) is 0 Å². The lowest BCUT2D eigenvalue weighted by Crippen LogP contribution is -2.46. The number of amides is 1. The van der Waals surface area contributed by atoms with Crippen LogP contribution >= 0.6 is 0 Å². The molecule has 128 valence electrons. The molecule has 3 heterocycles. The van der Waals surface area contributed by atoms with E-state index in [1.807, 2.05) is 19.1 Å². The third-order valence-corrected chi connectivity index (χ3v) is 4.55. The van der Waals surface area contributed by atoms with Crippen molar-refractivity contribution < 1.29 is 4.79 Å². The first-order valence-electron chi connectivity index (χ1n) is 8.57. The zero-order valence-corrected chi connectivity index (χ0v) is 14.4. The third kappa shape index (κ3) is 4.20. The summed E-state index contributed by atoms with van der Waals surface area (Å²) < 4.78 is 2.07. The van der Waals surface area contributed by atoms with Crippen molar-refractivity contribution in [3.8, 4) is 0 Å². The van der Waals surface area contributed by atoms with Crippen LogP contribution in [0.25, 0.3) is 0 Å². The van der Waals surface area contributed by atoms with E-state index >= 15 is 0 Å². The first-order valence-corrected chi connectivity index (χ1v) is 8.57. The largest absolute Gasteiger partial charge is 0.325 e. The molecule has 1 N–H and O–H groups in total. The molecular formula is C18H25N5O. The summed E-state index contributed by atoms with van der Waals surface area (Å²) in [5.74, 6) is 0.0291. The van der Waals surface area contributed by atoms with Crippen molar-refractivity contribution in [2.24, 2.45) is 0 Å². The maximum atomic E-state index is 12.4. The Morgan fingerprint density at radius 2 is 2.08 bits per heavy atom. The fourth-order valence-electron chi connectivity index (χ4n) is 3.35. The fourth-order valence-corrected chi connectivity index (χ4v) is 3.35. The summed E-state index contributed by atoms with van der Waals surface area (Å²) in [6.07, 6.45) is 6.84. The fraction of sp³-hybridized carbons (Fsp3) is 0.500. The normalized spacial score (nSPS) is 18.5. The van der Waals surface area contributed by atoms with Crippen molar-refractivity contribution in [3.63, 3.8) is 0 Å². The summed E-state index contributed by atoms with van der Waals surface area (Å²) in [5, 5.41) is 7.51. The number of nitrogens with one attached hydrogen (secondary N) is 1. The number of carbonyl (C=O) groups excluding carboxylic acids is 1. The quantitative estimate of drug-likeness (QED) is 0.916. The van der Waals surface area contributed by atoms with E-state index in [0.717, 1.165) is 37.3 Å². The van der Waals surface area contributed by atoms with Crippen molar-refractivity contribution in [2.45, 2.75) is 45.7 Å². The minimum absolute atomic E-state index is 0.0291. The number of hydrogen-bond acceptors (Lipinski definition) is 4. The molecule has 6 heteroatoms. The summed E-state index contributed by atoms with van der Waals surface area (Å²) in [5.41, 5.74) is 3.02. The minimum atomic E-state index is 0.0291. The molecule has 24 heavy (non-hydrogen) atoms. The summed E-state index contributed by atoms with van der Waals surface area (Å²) in [6, 6.07) is 6.08. The molecule has 2 aromatic heterocycles. The zero-order valence-electron chi connectivity index (χ0n) is 14.4. The van der Waals surface area contributed by atoms with Crippen molar-refractivity contribution in [2.75, 3.05) is 18.4 Å². The van der Waals surface area contributed by atoms with E-state index in [0.29, 0.717) is 12.6 Å². The Kier molecular flexibility index (Phi) is 5.25. The van der Waals surface area contributed by atoms with Crippen molar-refractivity contribution >= 4 is 11.6 Å². The molecule has 1 saturated heterocycles. The first kappa shape index (κ1) is 16.6. The van der Waals surface area contributed by atoms with Crippen molar-refractivity contribution in [1.29, 1.82) is 0 Å². The zero-order chi connectivity index (χ0) is 16.9. The highest BCUT2D eigenvalue weighted by molar-refractivity contribution is 5.92. The number of nitrogens with zero attached hydrogens (tertiary/aromatic N) is 4. The number of hydrogen-bond donors (Lipinski definition) is 1. The highest BCUT2D eigenvalue weighted by atomic mass is 16.2. The monoisotopic (exact) mass is 327 g/mol. The van der Waals surface area contributed by atoms with E-state index < -0.39 is 0 Å². The Balaban J connectivity index is 1.61. The molecule has 3 rings (SSSR count). The van der Waals surface area contributed by atoms with Crippen LogP contribution in [-0.2, 0) is 11.3 Å². The maximum absolute atomic E-state index is 12.4. The highest BCUT2D eigenvalue weighted by Gasteiger charge is 2.25. The van der Waals surface area contributed by atoms with Crippen LogP contribution in [0.2, 0.25) is 0 Å². The van der Waals surface area contributed by atoms with Gasteiger partial charge in [0.25, 0.3) is 0 Å². The molecule has 1 fully saturated rings. The molecule has 0 spiro atoms. The number of aromatic nitrogens is 3. The molecule has 0 bridgehead atoms. The Morgan fingerprint density at radius 3 is 2.79 bits per heavy atom. The molecule has 1 aliphatic rings. The van der Waals surface area contributed by atoms with Crippen LogP contribution < -0.4 is 5.32 Å². The maximum Gasteiger partial charge on any atom is 0.238 e. The highest BCUT2D eigenvalue weighted by Crippen LogP contribution is 2.19. The summed E-state index contributed by atoms with van der Waals surface area (Å²) in [6.45, 7) is 6.34. The average molecular weight is 327 g/mol. The van der Waals surface area contributed by atoms with Gasteiger partial charge in [0.1, 0.15) is 0 Å². The number of carbonyl (C=O) groups is 1. The molecule has 6 nitrogen and oxygen atoms in total. The van der Waals surface area contributed by atoms with Crippen LogP contribution in [0, 0.1) is 13.8 Å². The average Bonchev–Trinajstić information content (AvgIpc) is 2.87. The van der Waals surface area contributed by atoms with Gasteiger partial charge in [-0.05, 0) is 51.4 Å². The third-order valence-electron chi connectivity index (χ3n) is 4.55. The summed E-state index contributed by atoms with van der Waals surface area (Å²) in [7, 11) is 0. The van der Waals surface area contributed by atoms with E-state index in [2.05, 4.69) is 38.0 Å². The number of pyridine rings is 1. The van der Waals surface area contributed by atoms with Gasteiger partial charge >= 0.3 is 0 Å². The molecule has 0 aliphatic carbocycles. The molecule has 1 aliphatic heterocycles. The van der Waals surface area contributed by atoms with Gasteiger partial charge in [0, 0.05) is 29.8 Å². The second-order valence-corrected chi connectivity index (χ2v) is 6.51. The Labute approximate surface area is 142 Å². The van der Waals surface area contributed by atoms with Gasteiger partial charge in [0.15, 0.2) is 0 Å². The molecule has 0 saturated carbocycles. The second-order valence-electron chi connectivity index (χ2n) is 6.51. The molecule has 1 atom stereocenters. The van der Waals surface area contributed by atoms with Gasteiger partial charge in [-0.3, -0.25) is 19.4 Å². The lowest BCUT2D eigenvalue weighted by molar-refractivity contribution is -0.118. The Bertz CT molecular complexity index is 682. The van der Waals surface area contributed by atoms with Gasteiger partial charge in [-0.15, -0.1) is 0 Å². The van der Waals surface area contributed by atoms with E-state index in [1.54, 1.807) is 12.4 Å². The smallest absolute Gasteiger partial charge is 0.238 e. The standard InChI is InChI=1S/C18H25N5O/c1-14-11-15(2)23(21-14)12-17-5-3-4-10-22(17)13-18(24)20-16-6-8-19-9-7-16/h6-9,11,17H,3-5,10,12-13H2,1-2H3,(H,19,20,24)/t17-/m1/s1. The van der Waals surface area contributed by atoms with Crippen molar-refractivity contribution in [3.05, 3.63) is 42.0 Å². The lowest BCUT2D eigenvalue weighted by Gasteiger charge is -2.35. The summed E-state index contributed by atoms with van der Waals surface area (Å²) in [4.78, 5) is 18.6. The van der Waals surface area contributed by atoms with Gasteiger partial charge < -0.3 is 5.32 Å². The van der Waals surface area contributed by atoms with E-state index in [4.69, 9.17) is 0 Å². The molecule has 0 radical (unpaired) electrons. The number of rotatable bonds is 5. The van der Waals surface area contributed by atoms with Gasteiger partial charge in [-0.1, -0.05) is 6.42 Å². The van der Waals surface area contributed by atoms with Gasteiger partial charge in [-0.2, -0.15) is 5.10 Å². The van der Waals surface area contributed by atoms with Crippen LogP contribution in [0.15, 0.2) is 30.6 Å². The minimum Gasteiger partial charge on any atom is -0.325 e. The van der Waals surface area contributed by atoms with Gasteiger partial charge in [0.05, 0.1) is 18.8 Å². The first-order chi connectivity index (χ1) is 11.6. The van der Waals surface area contributed by atoms with Crippen LogP contribution in [0.4, 0.5) is 5.69 Å². The van der Waals surface area contributed by atoms with Crippen LogP contribution in [0.1, 0.15) is 30.7 Å². The lowest BCUT2D eigenvalue weighted by atomic mass is 10.0. The molecule has 1 amide bonds. The van der Waals surface area contributed by atoms with Gasteiger partial charge in [0.2, 0.25) is 5.91 Å². The van der Waals surface area contributed by atoms with Crippen molar-refractivity contribution in [1.82, 2.24) is 19.7 Å². The predicted molar refractivity (Wildman–Crippen MR) is 93.8 cm³/mol. The molecular weight excluding hydrogens is 302 g/mol. The Hall–Kier alpha value is -2.21. The van der Waals surface area contributed by atoms with Crippen LogP contribution in [-0.4, -0.2) is 44.7 Å². The predicted octanol–water partition coefficient (Wildman–Crippen LogP) is 2.39. The van der Waals surface area contributed by atoms with Crippen LogP contribution in [0.3, 0.4) is 0 Å². The SMILES string of the molecule is Cc1cc(C)n(C[C@H]2CCCCN2CC(=O)Nc2ccncc2)n1. The summed E-state index contributed by atoms with van der Waals surface area (Å²) >= 11 is 0. The topological polar surface area (TPSA) is 63.1 Å². The number of anilines is 1. The number of piperidine rings is 1. The Morgan fingerprint density at radius 1 is 1.29 bits per heavy atom. The second kappa shape index (κ2) is 7.57. The van der Waals surface area contributed by atoms with E-state index in [-0.39, 0.29) is 5.91 Å². The molecule has 0 aromatic carbocycles. The number of likely N-dealkylation sites (tertiary alicyclic amines) is 1. The molecule has 0 unspecified atom stereocenters.